The number of aromatic nitrogens is 1. The van der Waals surface area contributed by atoms with Crippen LogP contribution in [-0.4, -0.2) is 17.9 Å². The van der Waals surface area contributed by atoms with Gasteiger partial charge in [0.25, 0.3) is 0 Å². The fraction of sp³-hybridized carbons (Fsp3) is 0.167. The lowest BCUT2D eigenvalue weighted by Gasteiger charge is -1.97. The van der Waals surface area contributed by atoms with E-state index in [-0.39, 0.29) is 5.84 Å². The quantitative estimate of drug-likeness (QED) is 0.643. The monoisotopic (exact) mass is 247 g/mol. The number of methoxy groups -OCH3 is 1. The van der Waals surface area contributed by atoms with Gasteiger partial charge < -0.3 is 10.5 Å². The van der Waals surface area contributed by atoms with E-state index >= 15 is 0 Å². The molecule has 3 N–H and O–H groups in total. The van der Waals surface area contributed by atoms with Crippen molar-refractivity contribution >= 4 is 17.2 Å². The number of nitrogens with zero attached hydrogens (tertiary/aromatic N) is 1. The van der Waals surface area contributed by atoms with Crippen molar-refractivity contribution in [2.24, 2.45) is 5.73 Å². The molecule has 1 heterocycles. The predicted octanol–water partition coefficient (Wildman–Crippen LogP) is 2.24. The molecule has 0 radical (unpaired) electrons. The Bertz CT molecular complexity index is 522. The SMILES string of the molecule is COCc1nc(-c2ccccc2)sc1C(=N)N. The van der Waals surface area contributed by atoms with E-state index in [1.165, 1.54) is 11.3 Å². The van der Waals surface area contributed by atoms with Gasteiger partial charge in [0.15, 0.2) is 0 Å². The Morgan fingerprint density at radius 1 is 1.41 bits per heavy atom. The normalized spacial score (nSPS) is 10.4. The van der Waals surface area contributed by atoms with Gasteiger partial charge >= 0.3 is 0 Å². The molecule has 4 nitrogen and oxygen atoms in total. The minimum Gasteiger partial charge on any atom is -0.383 e. The highest BCUT2D eigenvalue weighted by Gasteiger charge is 2.14. The number of rotatable bonds is 4. The molecule has 0 aliphatic carbocycles. The second-order valence-corrected chi connectivity index (χ2v) is 4.51. The van der Waals surface area contributed by atoms with E-state index in [9.17, 15) is 0 Å². The topological polar surface area (TPSA) is 72.0 Å². The molecule has 5 heteroatoms. The zero-order chi connectivity index (χ0) is 12.3. The van der Waals surface area contributed by atoms with Crippen molar-refractivity contribution in [2.45, 2.75) is 6.61 Å². The summed E-state index contributed by atoms with van der Waals surface area (Å²) in [7, 11) is 1.60. The van der Waals surface area contributed by atoms with Gasteiger partial charge in [-0.1, -0.05) is 30.3 Å². The number of hydrogen-bond acceptors (Lipinski definition) is 4. The van der Waals surface area contributed by atoms with E-state index in [2.05, 4.69) is 4.98 Å². The largest absolute Gasteiger partial charge is 0.383 e. The molecule has 88 valence electrons. The van der Waals surface area contributed by atoms with Crippen molar-refractivity contribution in [2.75, 3.05) is 7.11 Å². The molecule has 17 heavy (non-hydrogen) atoms. The van der Waals surface area contributed by atoms with Crippen LogP contribution in [0.1, 0.15) is 10.6 Å². The summed E-state index contributed by atoms with van der Waals surface area (Å²) < 4.78 is 5.06. The standard InChI is InChI=1S/C12H13N3OS/c1-16-7-9-10(11(13)14)17-12(15-9)8-5-3-2-4-6-8/h2-6H,7H2,1H3,(H3,13,14). The Balaban J connectivity index is 2.44. The van der Waals surface area contributed by atoms with E-state index in [1.807, 2.05) is 30.3 Å². The molecule has 0 aliphatic heterocycles. The fourth-order valence-corrected chi connectivity index (χ4v) is 2.44. The van der Waals surface area contributed by atoms with Gasteiger partial charge in [0.2, 0.25) is 0 Å². The van der Waals surface area contributed by atoms with Crippen LogP contribution in [0.25, 0.3) is 10.6 Å². The van der Waals surface area contributed by atoms with Gasteiger partial charge in [-0.3, -0.25) is 5.41 Å². The molecule has 0 spiro atoms. The Labute approximate surface area is 104 Å². The molecular formula is C12H13N3OS. The average Bonchev–Trinajstić information content (AvgIpc) is 2.75. The number of nitrogens with two attached hydrogens (primary N) is 1. The summed E-state index contributed by atoms with van der Waals surface area (Å²) >= 11 is 1.42. The summed E-state index contributed by atoms with van der Waals surface area (Å²) in [5.74, 6) is 0.0386. The van der Waals surface area contributed by atoms with Crippen molar-refractivity contribution in [3.05, 3.63) is 40.9 Å². The van der Waals surface area contributed by atoms with Crippen LogP contribution in [0.5, 0.6) is 0 Å². The number of nitrogen functional groups attached to an aromatic ring is 1. The molecule has 0 bridgehead atoms. The van der Waals surface area contributed by atoms with Crippen molar-refractivity contribution in [1.82, 2.24) is 4.98 Å². The van der Waals surface area contributed by atoms with Crippen LogP contribution in [0, 0.1) is 5.41 Å². The van der Waals surface area contributed by atoms with Crippen LogP contribution < -0.4 is 5.73 Å². The lowest BCUT2D eigenvalue weighted by atomic mass is 10.2. The maximum atomic E-state index is 7.52. The first-order valence-corrected chi connectivity index (χ1v) is 5.92. The lowest BCUT2D eigenvalue weighted by molar-refractivity contribution is 0.182. The van der Waals surface area contributed by atoms with Crippen molar-refractivity contribution in [3.8, 4) is 10.6 Å². The van der Waals surface area contributed by atoms with Crippen LogP contribution in [0.15, 0.2) is 30.3 Å². The number of benzene rings is 1. The van der Waals surface area contributed by atoms with Gasteiger partial charge in [0.1, 0.15) is 10.8 Å². The fourth-order valence-electron chi connectivity index (χ4n) is 1.50. The molecule has 1 aromatic heterocycles. The van der Waals surface area contributed by atoms with Gasteiger partial charge in [-0.15, -0.1) is 11.3 Å². The van der Waals surface area contributed by atoms with Crippen molar-refractivity contribution in [1.29, 1.82) is 5.41 Å². The Kier molecular flexibility index (Phi) is 3.51. The highest BCUT2D eigenvalue weighted by molar-refractivity contribution is 7.17. The van der Waals surface area contributed by atoms with Gasteiger partial charge in [-0.05, 0) is 0 Å². The van der Waals surface area contributed by atoms with Crippen LogP contribution in [-0.2, 0) is 11.3 Å². The van der Waals surface area contributed by atoms with Gasteiger partial charge in [0.05, 0.1) is 17.2 Å². The maximum Gasteiger partial charge on any atom is 0.135 e. The third-order valence-corrected chi connectivity index (χ3v) is 3.42. The zero-order valence-corrected chi connectivity index (χ0v) is 10.3. The molecule has 2 aromatic rings. The molecule has 0 saturated heterocycles. The van der Waals surface area contributed by atoms with Gasteiger partial charge in [-0.2, -0.15) is 0 Å². The summed E-state index contributed by atoms with van der Waals surface area (Å²) in [4.78, 5) is 5.15. The number of hydrogen-bond donors (Lipinski definition) is 2. The minimum absolute atomic E-state index is 0.0386. The van der Waals surface area contributed by atoms with Crippen LogP contribution in [0.4, 0.5) is 0 Å². The number of thiazole rings is 1. The minimum atomic E-state index is 0.0386. The first-order valence-electron chi connectivity index (χ1n) is 5.11. The number of nitrogens with one attached hydrogen (secondary N) is 1. The summed E-state index contributed by atoms with van der Waals surface area (Å²) in [5, 5.41) is 8.39. The Morgan fingerprint density at radius 3 is 2.71 bits per heavy atom. The second-order valence-electron chi connectivity index (χ2n) is 3.51. The predicted molar refractivity (Wildman–Crippen MR) is 69.3 cm³/mol. The van der Waals surface area contributed by atoms with E-state index < -0.39 is 0 Å². The molecule has 0 saturated carbocycles. The highest BCUT2D eigenvalue weighted by atomic mass is 32.1. The van der Waals surface area contributed by atoms with Gasteiger partial charge in [-0.25, -0.2) is 4.98 Å². The Hall–Kier alpha value is -1.72. The Morgan fingerprint density at radius 2 is 2.12 bits per heavy atom. The van der Waals surface area contributed by atoms with E-state index in [4.69, 9.17) is 15.9 Å². The summed E-state index contributed by atoms with van der Waals surface area (Å²) in [5.41, 5.74) is 7.29. The summed E-state index contributed by atoms with van der Waals surface area (Å²) in [6.45, 7) is 0.373. The van der Waals surface area contributed by atoms with E-state index in [0.29, 0.717) is 11.5 Å². The van der Waals surface area contributed by atoms with Crippen LogP contribution in [0.2, 0.25) is 0 Å². The highest BCUT2D eigenvalue weighted by Crippen LogP contribution is 2.28. The van der Waals surface area contributed by atoms with Crippen LogP contribution in [0.3, 0.4) is 0 Å². The average molecular weight is 247 g/mol. The number of amidine groups is 1. The van der Waals surface area contributed by atoms with E-state index in [0.717, 1.165) is 16.3 Å². The molecular weight excluding hydrogens is 234 g/mol. The van der Waals surface area contributed by atoms with Crippen molar-refractivity contribution in [3.63, 3.8) is 0 Å². The summed E-state index contributed by atoms with van der Waals surface area (Å²) in [6.07, 6.45) is 0. The molecule has 0 atom stereocenters. The van der Waals surface area contributed by atoms with Gasteiger partial charge in [0, 0.05) is 12.7 Å². The van der Waals surface area contributed by atoms with Crippen LogP contribution >= 0.6 is 11.3 Å². The number of ether oxygens (including phenoxy) is 1. The lowest BCUT2D eigenvalue weighted by Crippen LogP contribution is -2.11. The van der Waals surface area contributed by atoms with E-state index in [1.54, 1.807) is 7.11 Å². The third-order valence-electron chi connectivity index (χ3n) is 2.24. The zero-order valence-electron chi connectivity index (χ0n) is 9.43. The first kappa shape index (κ1) is 11.8. The maximum absolute atomic E-state index is 7.52. The molecule has 0 unspecified atom stereocenters. The third kappa shape index (κ3) is 2.51. The smallest absolute Gasteiger partial charge is 0.135 e. The molecule has 0 amide bonds. The second kappa shape index (κ2) is 5.07. The summed E-state index contributed by atoms with van der Waals surface area (Å²) in [6, 6.07) is 9.85. The molecule has 0 aliphatic rings. The molecule has 1 aromatic carbocycles. The van der Waals surface area contributed by atoms with Crippen molar-refractivity contribution < 1.29 is 4.74 Å². The first-order chi connectivity index (χ1) is 8.22. The molecule has 0 fully saturated rings. The molecule has 2 rings (SSSR count).